The molecule has 1 aromatic rings. The Morgan fingerprint density at radius 1 is 1.60 bits per heavy atom. The number of hydrogen-bond donors (Lipinski definition) is 0. The van der Waals surface area contributed by atoms with E-state index in [0.29, 0.717) is 11.4 Å². The van der Waals surface area contributed by atoms with E-state index in [4.69, 9.17) is 16.9 Å². The van der Waals surface area contributed by atoms with E-state index in [9.17, 15) is 0 Å². The van der Waals surface area contributed by atoms with Crippen LogP contribution in [0, 0.1) is 16.7 Å². The fourth-order valence-corrected chi connectivity index (χ4v) is 2.88. The molecule has 0 N–H and O–H groups in total. The Morgan fingerprint density at radius 2 is 2.40 bits per heavy atom. The molecule has 0 saturated heterocycles. The molecule has 1 aromatic heterocycles. The third kappa shape index (κ3) is 2.64. The highest BCUT2D eigenvalue weighted by molar-refractivity contribution is 7.99. The Morgan fingerprint density at radius 3 is 3.00 bits per heavy atom. The average molecular weight is 239 g/mol. The molecule has 4 heteroatoms. The third-order valence-electron chi connectivity index (χ3n) is 2.65. The number of halogens is 1. The van der Waals surface area contributed by atoms with Gasteiger partial charge in [-0.05, 0) is 30.4 Å². The van der Waals surface area contributed by atoms with Gasteiger partial charge in [-0.25, -0.2) is 4.98 Å². The van der Waals surface area contributed by atoms with Gasteiger partial charge in [-0.1, -0.05) is 11.6 Å². The number of thioether (sulfide) groups is 1. The van der Waals surface area contributed by atoms with Crippen LogP contribution in [0.15, 0.2) is 23.4 Å². The quantitative estimate of drug-likeness (QED) is 0.753. The molecular weight excluding hydrogens is 228 g/mol. The molecule has 1 fully saturated rings. The van der Waals surface area contributed by atoms with Gasteiger partial charge in [0.1, 0.15) is 5.03 Å². The third-order valence-corrected chi connectivity index (χ3v) is 4.42. The van der Waals surface area contributed by atoms with Crippen molar-refractivity contribution < 1.29 is 0 Å². The summed E-state index contributed by atoms with van der Waals surface area (Å²) in [4.78, 5) is 4.22. The van der Waals surface area contributed by atoms with Crippen LogP contribution in [0.3, 0.4) is 0 Å². The molecule has 2 nitrogen and oxygen atoms in total. The van der Waals surface area contributed by atoms with E-state index >= 15 is 0 Å². The zero-order valence-corrected chi connectivity index (χ0v) is 9.81. The van der Waals surface area contributed by atoms with Gasteiger partial charge >= 0.3 is 0 Å². The number of rotatable bonds is 4. The summed E-state index contributed by atoms with van der Waals surface area (Å²) in [6.07, 6.45) is 4.73. The number of nitriles is 1. The molecule has 1 aliphatic carbocycles. The van der Waals surface area contributed by atoms with E-state index in [1.807, 2.05) is 12.1 Å². The maximum absolute atomic E-state index is 8.69. The van der Waals surface area contributed by atoms with E-state index in [2.05, 4.69) is 11.1 Å². The first-order chi connectivity index (χ1) is 7.26. The highest BCUT2D eigenvalue weighted by Gasteiger charge is 2.42. The first-order valence-electron chi connectivity index (χ1n) is 4.86. The van der Waals surface area contributed by atoms with Gasteiger partial charge in [-0.3, -0.25) is 0 Å². The second-order valence-electron chi connectivity index (χ2n) is 3.91. The van der Waals surface area contributed by atoms with Gasteiger partial charge in [0.25, 0.3) is 0 Å². The normalized spacial score (nSPS) is 17.1. The standard InChI is InChI=1S/C11H11ClN2S/c12-9-2-1-7-14-10(9)15-8-11(3-4-11)5-6-13/h1-2,7H,3-5,8H2. The molecule has 0 amide bonds. The fourth-order valence-electron chi connectivity index (χ4n) is 1.42. The van der Waals surface area contributed by atoms with Crippen molar-refractivity contribution in [3.8, 4) is 6.07 Å². The second kappa shape index (κ2) is 4.42. The Labute approximate surface area is 98.7 Å². The van der Waals surface area contributed by atoms with Crippen LogP contribution in [-0.4, -0.2) is 10.7 Å². The smallest absolute Gasteiger partial charge is 0.115 e. The van der Waals surface area contributed by atoms with Crippen molar-refractivity contribution in [1.82, 2.24) is 4.98 Å². The van der Waals surface area contributed by atoms with Gasteiger partial charge in [0.2, 0.25) is 0 Å². The minimum absolute atomic E-state index is 0.250. The monoisotopic (exact) mass is 238 g/mol. The first-order valence-corrected chi connectivity index (χ1v) is 6.22. The minimum atomic E-state index is 0.250. The van der Waals surface area contributed by atoms with Gasteiger partial charge in [-0.15, -0.1) is 11.8 Å². The molecule has 0 aliphatic heterocycles. The Balaban J connectivity index is 1.94. The summed E-state index contributed by atoms with van der Waals surface area (Å²) in [7, 11) is 0. The van der Waals surface area contributed by atoms with Crippen LogP contribution in [-0.2, 0) is 0 Å². The molecule has 0 spiro atoms. The van der Waals surface area contributed by atoms with Crippen molar-refractivity contribution in [2.75, 3.05) is 5.75 Å². The second-order valence-corrected chi connectivity index (χ2v) is 5.29. The topological polar surface area (TPSA) is 36.7 Å². The predicted molar refractivity (Wildman–Crippen MR) is 61.9 cm³/mol. The Hall–Kier alpha value is -0.720. The Bertz CT molecular complexity index is 396. The van der Waals surface area contributed by atoms with Crippen LogP contribution in [0.1, 0.15) is 19.3 Å². The van der Waals surface area contributed by atoms with Crippen LogP contribution in [0.4, 0.5) is 0 Å². The molecule has 0 bridgehead atoms. The van der Waals surface area contributed by atoms with Crippen LogP contribution >= 0.6 is 23.4 Å². The lowest BCUT2D eigenvalue weighted by Crippen LogP contribution is -2.02. The zero-order valence-electron chi connectivity index (χ0n) is 8.24. The van der Waals surface area contributed by atoms with Crippen molar-refractivity contribution in [3.05, 3.63) is 23.4 Å². The minimum Gasteiger partial charge on any atom is -0.248 e. The summed E-state index contributed by atoms with van der Waals surface area (Å²) in [6, 6.07) is 5.93. The summed E-state index contributed by atoms with van der Waals surface area (Å²) < 4.78 is 0. The number of hydrogen-bond acceptors (Lipinski definition) is 3. The fraction of sp³-hybridized carbons (Fsp3) is 0.455. The SMILES string of the molecule is N#CCC1(CSc2ncccc2Cl)CC1. The molecule has 1 aliphatic rings. The van der Waals surface area contributed by atoms with E-state index in [1.165, 1.54) is 0 Å². The van der Waals surface area contributed by atoms with Gasteiger partial charge in [0, 0.05) is 18.4 Å². The largest absolute Gasteiger partial charge is 0.248 e. The van der Waals surface area contributed by atoms with Crippen molar-refractivity contribution >= 4 is 23.4 Å². The first kappa shape index (κ1) is 10.8. The lowest BCUT2D eigenvalue weighted by atomic mass is 10.1. The van der Waals surface area contributed by atoms with Crippen LogP contribution in [0.2, 0.25) is 5.02 Å². The maximum Gasteiger partial charge on any atom is 0.115 e. The van der Waals surface area contributed by atoms with Gasteiger partial charge in [0.15, 0.2) is 0 Å². The summed E-state index contributed by atoms with van der Waals surface area (Å²) >= 11 is 7.66. The molecular formula is C11H11ClN2S. The number of nitrogens with zero attached hydrogens (tertiary/aromatic N) is 2. The zero-order chi connectivity index (χ0) is 10.7. The van der Waals surface area contributed by atoms with E-state index in [0.717, 1.165) is 23.6 Å². The van der Waals surface area contributed by atoms with Gasteiger partial charge < -0.3 is 0 Å². The van der Waals surface area contributed by atoms with Crippen molar-refractivity contribution in [2.24, 2.45) is 5.41 Å². The van der Waals surface area contributed by atoms with E-state index < -0.39 is 0 Å². The maximum atomic E-state index is 8.69. The van der Waals surface area contributed by atoms with Crippen LogP contribution in [0.25, 0.3) is 0 Å². The van der Waals surface area contributed by atoms with Crippen molar-refractivity contribution in [1.29, 1.82) is 5.26 Å². The molecule has 1 saturated carbocycles. The van der Waals surface area contributed by atoms with E-state index in [1.54, 1.807) is 18.0 Å². The number of aromatic nitrogens is 1. The lowest BCUT2D eigenvalue weighted by Gasteiger charge is -2.09. The summed E-state index contributed by atoms with van der Waals surface area (Å²) in [6.45, 7) is 0. The molecule has 1 heterocycles. The van der Waals surface area contributed by atoms with E-state index in [-0.39, 0.29) is 5.41 Å². The molecule has 0 unspecified atom stereocenters. The molecule has 0 atom stereocenters. The average Bonchev–Trinajstić information content (AvgIpc) is 2.98. The molecule has 2 rings (SSSR count). The summed E-state index contributed by atoms with van der Waals surface area (Å²) in [5.41, 5.74) is 0.250. The predicted octanol–water partition coefficient (Wildman–Crippen LogP) is 3.52. The summed E-state index contributed by atoms with van der Waals surface area (Å²) in [5, 5.41) is 10.3. The van der Waals surface area contributed by atoms with Crippen LogP contribution < -0.4 is 0 Å². The Kier molecular flexibility index (Phi) is 3.18. The highest BCUT2D eigenvalue weighted by atomic mass is 35.5. The van der Waals surface area contributed by atoms with Crippen molar-refractivity contribution in [2.45, 2.75) is 24.3 Å². The molecule has 15 heavy (non-hydrogen) atoms. The molecule has 0 radical (unpaired) electrons. The molecule has 78 valence electrons. The van der Waals surface area contributed by atoms with Crippen LogP contribution in [0.5, 0.6) is 0 Å². The number of pyridine rings is 1. The molecule has 0 aromatic carbocycles. The van der Waals surface area contributed by atoms with Gasteiger partial charge in [-0.2, -0.15) is 5.26 Å². The highest BCUT2D eigenvalue weighted by Crippen LogP contribution is 2.51. The lowest BCUT2D eigenvalue weighted by molar-refractivity contribution is 0.604. The van der Waals surface area contributed by atoms with Gasteiger partial charge in [0.05, 0.1) is 11.1 Å². The summed E-state index contributed by atoms with van der Waals surface area (Å²) in [5.74, 6) is 0.956. The van der Waals surface area contributed by atoms with Crippen molar-refractivity contribution in [3.63, 3.8) is 0 Å².